The summed E-state index contributed by atoms with van der Waals surface area (Å²) in [5.74, 6) is -1.13. The van der Waals surface area contributed by atoms with Crippen LogP contribution in [0, 0.1) is 5.82 Å². The highest BCUT2D eigenvalue weighted by molar-refractivity contribution is 5.82. The van der Waals surface area contributed by atoms with E-state index in [4.69, 9.17) is 5.73 Å². The lowest BCUT2D eigenvalue weighted by molar-refractivity contribution is -0.136. The average molecular weight is 263 g/mol. The first kappa shape index (κ1) is 13.2. The van der Waals surface area contributed by atoms with Crippen LogP contribution >= 0.6 is 0 Å². The summed E-state index contributed by atoms with van der Waals surface area (Å²) in [4.78, 5) is 11.0. The summed E-state index contributed by atoms with van der Waals surface area (Å²) in [6.45, 7) is 1.29. The van der Waals surface area contributed by atoms with E-state index < -0.39 is 11.5 Å². The molecule has 1 atom stereocenters. The second-order valence-electron chi connectivity index (χ2n) is 4.54. The molecule has 0 saturated carbocycles. The first-order valence-electron chi connectivity index (χ1n) is 5.70. The van der Waals surface area contributed by atoms with Gasteiger partial charge in [0.1, 0.15) is 5.82 Å². The summed E-state index contributed by atoms with van der Waals surface area (Å²) < 4.78 is 14.2. The average Bonchev–Trinajstić information content (AvgIpc) is 2.77. The van der Waals surface area contributed by atoms with Gasteiger partial charge in [0.2, 0.25) is 0 Å². The van der Waals surface area contributed by atoms with Gasteiger partial charge in [0.25, 0.3) is 5.91 Å². The third-order valence-corrected chi connectivity index (χ3v) is 2.78. The Hall–Kier alpha value is -2.21. The molecule has 0 spiro atoms. The first-order chi connectivity index (χ1) is 8.88. The molecular formula is C13H14FN3O2. The Kier molecular flexibility index (Phi) is 3.35. The van der Waals surface area contributed by atoms with Gasteiger partial charge in [-0.25, -0.2) is 4.39 Å². The molecule has 0 saturated heterocycles. The Balaban J connectivity index is 2.20. The van der Waals surface area contributed by atoms with Crippen molar-refractivity contribution in [3.63, 3.8) is 0 Å². The quantitative estimate of drug-likeness (QED) is 0.860. The van der Waals surface area contributed by atoms with Gasteiger partial charge in [-0.15, -0.1) is 0 Å². The minimum Gasteiger partial charge on any atom is -0.378 e. The Morgan fingerprint density at radius 1 is 1.42 bits per heavy atom. The van der Waals surface area contributed by atoms with Crippen LogP contribution in [0.1, 0.15) is 6.92 Å². The zero-order valence-corrected chi connectivity index (χ0v) is 10.4. The second kappa shape index (κ2) is 4.81. The molecule has 1 aromatic carbocycles. The van der Waals surface area contributed by atoms with Crippen molar-refractivity contribution in [3.8, 4) is 11.3 Å². The van der Waals surface area contributed by atoms with E-state index in [1.807, 2.05) is 0 Å². The van der Waals surface area contributed by atoms with Crippen molar-refractivity contribution in [1.29, 1.82) is 0 Å². The van der Waals surface area contributed by atoms with Crippen molar-refractivity contribution in [1.82, 2.24) is 9.78 Å². The van der Waals surface area contributed by atoms with Crippen LogP contribution in [0.2, 0.25) is 0 Å². The Morgan fingerprint density at radius 3 is 2.63 bits per heavy atom. The zero-order chi connectivity index (χ0) is 14.0. The Labute approximate surface area is 109 Å². The summed E-state index contributed by atoms with van der Waals surface area (Å²) in [5.41, 5.74) is 4.79. The number of nitrogens with zero attached hydrogens (tertiary/aromatic N) is 2. The number of nitrogens with two attached hydrogens (primary N) is 1. The van der Waals surface area contributed by atoms with Gasteiger partial charge in [0.15, 0.2) is 5.60 Å². The maximum atomic E-state index is 12.8. The van der Waals surface area contributed by atoms with Crippen molar-refractivity contribution in [2.45, 2.75) is 19.1 Å². The molecule has 3 N–H and O–H groups in total. The molecule has 2 aromatic rings. The first-order valence-corrected chi connectivity index (χ1v) is 5.70. The maximum absolute atomic E-state index is 12.8. The van der Waals surface area contributed by atoms with Crippen LogP contribution in [0.5, 0.6) is 0 Å². The lowest BCUT2D eigenvalue weighted by atomic mass is 10.1. The maximum Gasteiger partial charge on any atom is 0.251 e. The van der Waals surface area contributed by atoms with E-state index >= 15 is 0 Å². The van der Waals surface area contributed by atoms with Gasteiger partial charge in [-0.3, -0.25) is 9.48 Å². The molecule has 0 fully saturated rings. The summed E-state index contributed by atoms with van der Waals surface area (Å²) in [6.07, 6.45) is 1.62. The molecule has 1 amide bonds. The highest BCUT2D eigenvalue weighted by atomic mass is 19.1. The predicted octanol–water partition coefficient (Wildman–Crippen LogP) is 0.925. The van der Waals surface area contributed by atoms with Crippen molar-refractivity contribution in [3.05, 3.63) is 42.3 Å². The number of carbonyl (C=O) groups excluding carboxylic acids is 1. The predicted molar refractivity (Wildman–Crippen MR) is 67.4 cm³/mol. The van der Waals surface area contributed by atoms with Gasteiger partial charge < -0.3 is 10.8 Å². The van der Waals surface area contributed by atoms with Crippen LogP contribution in [-0.2, 0) is 11.3 Å². The van der Waals surface area contributed by atoms with E-state index in [1.54, 1.807) is 24.4 Å². The normalized spacial score (nSPS) is 14.1. The number of aromatic nitrogens is 2. The number of primary amides is 1. The lowest BCUT2D eigenvalue weighted by Gasteiger charge is -2.18. The molecule has 0 aliphatic heterocycles. The van der Waals surface area contributed by atoms with E-state index in [0.29, 0.717) is 5.69 Å². The molecule has 5 nitrogen and oxygen atoms in total. The van der Waals surface area contributed by atoms with Gasteiger partial charge in [0, 0.05) is 11.8 Å². The van der Waals surface area contributed by atoms with Gasteiger partial charge in [0.05, 0.1) is 12.2 Å². The number of amides is 1. The van der Waals surface area contributed by atoms with Gasteiger partial charge in [-0.1, -0.05) is 0 Å². The van der Waals surface area contributed by atoms with E-state index in [-0.39, 0.29) is 12.4 Å². The van der Waals surface area contributed by atoms with Crippen molar-refractivity contribution < 1.29 is 14.3 Å². The number of benzene rings is 1. The molecule has 0 bridgehead atoms. The van der Waals surface area contributed by atoms with Crippen LogP contribution in [0.15, 0.2) is 36.5 Å². The van der Waals surface area contributed by atoms with E-state index in [0.717, 1.165) is 5.56 Å². The fourth-order valence-electron chi connectivity index (χ4n) is 1.62. The minimum atomic E-state index is -1.66. The van der Waals surface area contributed by atoms with Gasteiger partial charge in [-0.2, -0.15) is 5.10 Å². The molecule has 19 heavy (non-hydrogen) atoms. The van der Waals surface area contributed by atoms with Crippen LogP contribution < -0.4 is 5.73 Å². The van der Waals surface area contributed by atoms with Gasteiger partial charge in [-0.05, 0) is 37.3 Å². The minimum absolute atomic E-state index is 0.0382. The summed E-state index contributed by atoms with van der Waals surface area (Å²) in [5, 5.41) is 14.0. The smallest absolute Gasteiger partial charge is 0.251 e. The molecule has 100 valence electrons. The largest absolute Gasteiger partial charge is 0.378 e. The van der Waals surface area contributed by atoms with E-state index in [1.165, 1.54) is 23.7 Å². The van der Waals surface area contributed by atoms with Crippen LogP contribution in [0.25, 0.3) is 11.3 Å². The fraction of sp³-hybridized carbons (Fsp3) is 0.231. The van der Waals surface area contributed by atoms with E-state index in [2.05, 4.69) is 5.10 Å². The number of hydrogen-bond acceptors (Lipinski definition) is 3. The van der Waals surface area contributed by atoms with Crippen molar-refractivity contribution >= 4 is 5.91 Å². The fourth-order valence-corrected chi connectivity index (χ4v) is 1.62. The number of carbonyl (C=O) groups is 1. The molecule has 6 heteroatoms. The van der Waals surface area contributed by atoms with E-state index in [9.17, 15) is 14.3 Å². The topological polar surface area (TPSA) is 81.1 Å². The SMILES string of the molecule is CC(O)(Cn1ccc(-c2ccc(F)cc2)n1)C(N)=O. The molecule has 2 rings (SSSR count). The Morgan fingerprint density at radius 2 is 2.05 bits per heavy atom. The lowest BCUT2D eigenvalue weighted by Crippen LogP contribution is -2.44. The molecule has 0 aliphatic carbocycles. The molecule has 1 unspecified atom stereocenters. The number of halogens is 1. The van der Waals surface area contributed by atoms with Crippen molar-refractivity contribution in [2.75, 3.05) is 0 Å². The number of rotatable bonds is 4. The third kappa shape index (κ3) is 2.97. The van der Waals surface area contributed by atoms with Gasteiger partial charge >= 0.3 is 0 Å². The van der Waals surface area contributed by atoms with Crippen LogP contribution in [-0.4, -0.2) is 26.4 Å². The number of aliphatic hydroxyl groups is 1. The zero-order valence-electron chi connectivity index (χ0n) is 10.4. The summed E-state index contributed by atoms with van der Waals surface area (Å²) in [6, 6.07) is 7.61. The molecule has 1 aromatic heterocycles. The highest BCUT2D eigenvalue weighted by Gasteiger charge is 2.28. The molecule has 1 heterocycles. The standard InChI is InChI=1S/C13H14FN3O2/c1-13(19,12(15)18)8-17-7-6-11(16-17)9-2-4-10(14)5-3-9/h2-7,19H,8H2,1H3,(H2,15,18). The third-order valence-electron chi connectivity index (χ3n) is 2.78. The second-order valence-corrected chi connectivity index (χ2v) is 4.54. The Bertz CT molecular complexity index is 590. The molecule has 0 radical (unpaired) electrons. The van der Waals surface area contributed by atoms with Crippen LogP contribution in [0.4, 0.5) is 4.39 Å². The molecular weight excluding hydrogens is 249 g/mol. The summed E-state index contributed by atoms with van der Waals surface area (Å²) >= 11 is 0. The number of hydrogen-bond donors (Lipinski definition) is 2. The summed E-state index contributed by atoms with van der Waals surface area (Å²) in [7, 11) is 0. The molecule has 0 aliphatic rings. The van der Waals surface area contributed by atoms with Crippen molar-refractivity contribution in [2.24, 2.45) is 5.73 Å². The monoisotopic (exact) mass is 263 g/mol. The highest BCUT2D eigenvalue weighted by Crippen LogP contribution is 2.18. The van der Waals surface area contributed by atoms with Crippen LogP contribution in [0.3, 0.4) is 0 Å².